The second kappa shape index (κ2) is 11.6. The number of nitrogens with zero attached hydrogens (tertiary/aromatic N) is 2. The van der Waals surface area contributed by atoms with Gasteiger partial charge in [0.2, 0.25) is 0 Å². The Bertz CT molecular complexity index is 291. The second-order valence-corrected chi connectivity index (χ2v) is 4.28. The molecule has 0 unspecified atom stereocenters. The van der Waals surface area contributed by atoms with E-state index in [-0.39, 0.29) is 5.97 Å². The van der Waals surface area contributed by atoms with Gasteiger partial charge in [0.15, 0.2) is 0 Å². The van der Waals surface area contributed by atoms with Crippen LogP contribution in [0.4, 0.5) is 0 Å². The SMILES string of the molecule is CCOC(=O)/C=C\SC.CSN1C=CN=CC1. The van der Waals surface area contributed by atoms with Gasteiger partial charge in [-0.2, -0.15) is 0 Å². The van der Waals surface area contributed by atoms with Crippen molar-refractivity contribution < 1.29 is 9.53 Å². The number of hydrogen-bond donors (Lipinski definition) is 0. The fourth-order valence-corrected chi connectivity index (χ4v) is 1.45. The van der Waals surface area contributed by atoms with E-state index in [4.69, 9.17) is 0 Å². The van der Waals surface area contributed by atoms with E-state index in [1.54, 1.807) is 30.5 Å². The highest BCUT2D eigenvalue weighted by molar-refractivity contribution is 8.01. The van der Waals surface area contributed by atoms with Crippen LogP contribution in [0.1, 0.15) is 6.92 Å². The first kappa shape index (κ1) is 16.1. The van der Waals surface area contributed by atoms with Crippen molar-refractivity contribution in [2.24, 2.45) is 4.99 Å². The molecule has 0 bridgehead atoms. The highest BCUT2D eigenvalue weighted by Crippen LogP contribution is 2.05. The van der Waals surface area contributed by atoms with Crippen molar-refractivity contribution in [3.63, 3.8) is 0 Å². The molecule has 0 aromatic heterocycles. The lowest BCUT2D eigenvalue weighted by molar-refractivity contribution is -0.137. The van der Waals surface area contributed by atoms with Crippen LogP contribution in [0.25, 0.3) is 0 Å². The van der Waals surface area contributed by atoms with Gasteiger partial charge >= 0.3 is 5.97 Å². The molecule has 0 aromatic rings. The van der Waals surface area contributed by atoms with Crippen molar-refractivity contribution in [2.45, 2.75) is 6.92 Å². The Morgan fingerprint density at radius 1 is 1.59 bits per heavy atom. The maximum absolute atomic E-state index is 10.5. The zero-order valence-corrected chi connectivity index (χ0v) is 12.0. The third-order valence-electron chi connectivity index (χ3n) is 1.55. The number of aliphatic imine (C=N–C) groups is 1. The van der Waals surface area contributed by atoms with Gasteiger partial charge in [0.05, 0.1) is 13.2 Å². The number of carbonyl (C=O) groups is 1. The number of rotatable bonds is 4. The van der Waals surface area contributed by atoms with Gasteiger partial charge in [-0.3, -0.25) is 4.99 Å². The molecular weight excluding hydrogens is 256 g/mol. The zero-order valence-electron chi connectivity index (χ0n) is 10.3. The van der Waals surface area contributed by atoms with Crippen LogP contribution in [0, 0.1) is 0 Å². The predicted molar refractivity (Wildman–Crippen MR) is 77.1 cm³/mol. The minimum Gasteiger partial charge on any atom is -0.463 e. The highest BCUT2D eigenvalue weighted by atomic mass is 32.2. The molecule has 1 aliphatic heterocycles. The van der Waals surface area contributed by atoms with Crippen molar-refractivity contribution >= 4 is 35.9 Å². The molecule has 0 aromatic carbocycles. The first-order valence-corrected chi connectivity index (χ1v) is 7.56. The average molecular weight is 274 g/mol. The summed E-state index contributed by atoms with van der Waals surface area (Å²) in [6, 6.07) is 0. The third kappa shape index (κ3) is 10.0. The van der Waals surface area contributed by atoms with Gasteiger partial charge in [-0.05, 0) is 18.6 Å². The van der Waals surface area contributed by atoms with Crippen LogP contribution < -0.4 is 0 Å². The van der Waals surface area contributed by atoms with E-state index in [0.717, 1.165) is 6.54 Å². The Labute approximate surface area is 111 Å². The third-order valence-corrected chi connectivity index (χ3v) is 2.70. The molecule has 6 heteroatoms. The summed E-state index contributed by atoms with van der Waals surface area (Å²) < 4.78 is 6.71. The topological polar surface area (TPSA) is 41.9 Å². The van der Waals surface area contributed by atoms with Gasteiger partial charge in [-0.1, -0.05) is 11.9 Å². The van der Waals surface area contributed by atoms with E-state index in [0.29, 0.717) is 6.61 Å². The number of carbonyl (C=O) groups excluding carboxylic acids is 1. The van der Waals surface area contributed by atoms with Crippen molar-refractivity contribution in [3.8, 4) is 0 Å². The minimum atomic E-state index is -0.271. The van der Waals surface area contributed by atoms with Gasteiger partial charge < -0.3 is 9.04 Å². The van der Waals surface area contributed by atoms with Crippen LogP contribution in [0.3, 0.4) is 0 Å². The Hall–Kier alpha value is -0.880. The molecule has 0 amide bonds. The van der Waals surface area contributed by atoms with E-state index in [1.165, 1.54) is 17.8 Å². The number of esters is 1. The molecule has 0 spiro atoms. The summed E-state index contributed by atoms with van der Waals surface area (Å²) in [4.78, 5) is 14.4. The number of ether oxygens (including phenoxy) is 1. The molecular formula is C11H18N2O2S2. The predicted octanol–water partition coefficient (Wildman–Crippen LogP) is 2.55. The van der Waals surface area contributed by atoms with Gasteiger partial charge in [0.25, 0.3) is 0 Å². The molecule has 0 radical (unpaired) electrons. The monoisotopic (exact) mass is 274 g/mol. The van der Waals surface area contributed by atoms with Crippen molar-refractivity contribution in [2.75, 3.05) is 25.7 Å². The molecule has 1 heterocycles. The lowest BCUT2D eigenvalue weighted by Gasteiger charge is -2.14. The summed E-state index contributed by atoms with van der Waals surface area (Å²) in [5, 5.41) is 1.69. The number of thioether (sulfide) groups is 1. The molecule has 0 fully saturated rings. The summed E-state index contributed by atoms with van der Waals surface area (Å²) in [7, 11) is 0. The first-order chi connectivity index (χ1) is 8.24. The zero-order chi connectivity index (χ0) is 12.9. The highest BCUT2D eigenvalue weighted by Gasteiger charge is 1.94. The Kier molecular flexibility index (Phi) is 11.0. The van der Waals surface area contributed by atoms with Crippen LogP contribution in [-0.2, 0) is 9.53 Å². The summed E-state index contributed by atoms with van der Waals surface area (Å²) >= 11 is 3.18. The summed E-state index contributed by atoms with van der Waals surface area (Å²) in [6.07, 6.45) is 11.0. The smallest absolute Gasteiger partial charge is 0.331 e. The number of hydrogen-bond acceptors (Lipinski definition) is 6. The van der Waals surface area contributed by atoms with Crippen LogP contribution >= 0.6 is 23.7 Å². The molecule has 0 atom stereocenters. The standard InChI is InChI=1S/C6H10O2S.C5H8N2S/c1-3-8-6(7)4-5-9-2;1-8-7-4-2-6-3-5-7/h4-5H,3H2,1-2H3;2-4H,5H2,1H3/b5-4-;. The molecule has 0 N–H and O–H groups in total. The van der Waals surface area contributed by atoms with Gasteiger partial charge in [0.1, 0.15) is 0 Å². The minimum absolute atomic E-state index is 0.271. The van der Waals surface area contributed by atoms with Gasteiger partial charge in [-0.15, -0.1) is 11.8 Å². The Morgan fingerprint density at radius 2 is 2.35 bits per heavy atom. The summed E-state index contributed by atoms with van der Waals surface area (Å²) in [5.41, 5.74) is 0. The first-order valence-electron chi connectivity index (χ1n) is 5.09. The molecule has 17 heavy (non-hydrogen) atoms. The van der Waals surface area contributed by atoms with E-state index < -0.39 is 0 Å². The van der Waals surface area contributed by atoms with Crippen LogP contribution in [0.15, 0.2) is 28.9 Å². The van der Waals surface area contributed by atoms with Gasteiger partial charge in [-0.25, -0.2) is 4.79 Å². The van der Waals surface area contributed by atoms with Crippen molar-refractivity contribution in [3.05, 3.63) is 23.9 Å². The average Bonchev–Trinajstić information content (AvgIpc) is 2.38. The molecule has 4 nitrogen and oxygen atoms in total. The maximum Gasteiger partial charge on any atom is 0.331 e. The summed E-state index contributed by atoms with van der Waals surface area (Å²) in [6.45, 7) is 3.15. The largest absolute Gasteiger partial charge is 0.463 e. The maximum atomic E-state index is 10.5. The molecule has 0 aliphatic carbocycles. The van der Waals surface area contributed by atoms with E-state index in [9.17, 15) is 4.79 Å². The molecule has 0 saturated heterocycles. The lowest BCUT2D eigenvalue weighted by Crippen LogP contribution is -2.11. The van der Waals surface area contributed by atoms with Crippen molar-refractivity contribution in [1.82, 2.24) is 4.31 Å². The van der Waals surface area contributed by atoms with E-state index in [2.05, 4.69) is 14.0 Å². The lowest BCUT2D eigenvalue weighted by atomic mass is 10.6. The molecule has 1 aliphatic rings. The van der Waals surface area contributed by atoms with Crippen LogP contribution in [-0.4, -0.2) is 42.2 Å². The van der Waals surface area contributed by atoms with Crippen molar-refractivity contribution in [1.29, 1.82) is 0 Å². The fourth-order valence-electron chi connectivity index (χ4n) is 0.812. The van der Waals surface area contributed by atoms with Crippen LogP contribution in [0.5, 0.6) is 0 Å². The van der Waals surface area contributed by atoms with E-state index >= 15 is 0 Å². The normalized spacial score (nSPS) is 13.5. The van der Waals surface area contributed by atoms with Crippen LogP contribution in [0.2, 0.25) is 0 Å². The molecule has 96 valence electrons. The van der Waals surface area contributed by atoms with Gasteiger partial charge in [0, 0.05) is 30.9 Å². The fraction of sp³-hybridized carbons (Fsp3) is 0.455. The Morgan fingerprint density at radius 3 is 2.76 bits per heavy atom. The van der Waals surface area contributed by atoms with E-state index in [1.807, 2.05) is 24.9 Å². The molecule has 0 saturated carbocycles. The Balaban J connectivity index is 0.000000302. The quantitative estimate of drug-likeness (QED) is 0.448. The second-order valence-electron chi connectivity index (χ2n) is 2.70. The molecule has 1 rings (SSSR count). The summed E-state index contributed by atoms with van der Waals surface area (Å²) in [5.74, 6) is -0.271.